The number of aliphatic hydroxyl groups excluding tert-OH is 1. The lowest BCUT2D eigenvalue weighted by Gasteiger charge is -2.26. The van der Waals surface area contributed by atoms with Crippen molar-refractivity contribution >= 4 is 29.2 Å². The Labute approximate surface area is 127 Å². The minimum atomic E-state index is -0.593. The summed E-state index contributed by atoms with van der Waals surface area (Å²) in [6.45, 7) is 3.25. The van der Waals surface area contributed by atoms with Gasteiger partial charge in [0, 0.05) is 12.1 Å². The molecule has 0 bridgehead atoms. The van der Waals surface area contributed by atoms with Gasteiger partial charge in [-0.05, 0) is 31.5 Å². The summed E-state index contributed by atoms with van der Waals surface area (Å²) >= 11 is 11.6. The molecule has 20 heavy (non-hydrogen) atoms. The van der Waals surface area contributed by atoms with Crippen LogP contribution in [-0.4, -0.2) is 35.7 Å². The van der Waals surface area contributed by atoms with Crippen molar-refractivity contribution < 1.29 is 14.3 Å². The van der Waals surface area contributed by atoms with E-state index in [0.29, 0.717) is 5.56 Å². The second-order valence-corrected chi connectivity index (χ2v) is 5.42. The Bertz CT molecular complexity index is 500. The van der Waals surface area contributed by atoms with Crippen LogP contribution in [0.3, 0.4) is 0 Å². The summed E-state index contributed by atoms with van der Waals surface area (Å²) in [7, 11) is 1.56. The van der Waals surface area contributed by atoms with Crippen molar-refractivity contribution in [1.82, 2.24) is 10.2 Å². The Balaban J connectivity index is 2.84. The number of hydrogen-bond donors (Lipinski definition) is 2. The van der Waals surface area contributed by atoms with Crippen LogP contribution in [0.5, 0.6) is 0 Å². The first-order valence-electron chi connectivity index (χ1n) is 6.06. The molecule has 1 rings (SSSR count). The first-order chi connectivity index (χ1) is 9.27. The maximum Gasteiger partial charge on any atom is 0.317 e. The SMILES string of the molecule is C[C@H](NC(=O)N(C)[C@@H](C)CO)c1cc(F)c(Cl)cc1Cl. The Hall–Kier alpha value is -1.04. The van der Waals surface area contributed by atoms with Gasteiger partial charge in [0.05, 0.1) is 23.7 Å². The molecule has 0 aliphatic heterocycles. The van der Waals surface area contributed by atoms with E-state index in [-0.39, 0.29) is 28.7 Å². The van der Waals surface area contributed by atoms with Gasteiger partial charge in [-0.2, -0.15) is 0 Å². The molecule has 0 heterocycles. The van der Waals surface area contributed by atoms with Crippen molar-refractivity contribution in [2.75, 3.05) is 13.7 Å². The molecule has 0 aliphatic carbocycles. The summed E-state index contributed by atoms with van der Waals surface area (Å²) in [5, 5.41) is 11.9. The molecule has 1 aromatic rings. The molecule has 0 aliphatic rings. The summed E-state index contributed by atoms with van der Waals surface area (Å²) in [6.07, 6.45) is 0. The molecular weight excluding hydrogens is 306 g/mol. The third-order valence-electron chi connectivity index (χ3n) is 3.09. The van der Waals surface area contributed by atoms with Gasteiger partial charge in [-0.3, -0.25) is 0 Å². The second-order valence-electron chi connectivity index (χ2n) is 4.60. The second kappa shape index (κ2) is 7.11. The topological polar surface area (TPSA) is 52.6 Å². The molecule has 2 N–H and O–H groups in total. The molecule has 0 aromatic heterocycles. The molecule has 0 saturated carbocycles. The molecule has 0 spiro atoms. The van der Waals surface area contributed by atoms with Gasteiger partial charge in [-0.25, -0.2) is 9.18 Å². The molecule has 0 saturated heterocycles. The van der Waals surface area contributed by atoms with Crippen LogP contribution < -0.4 is 5.32 Å². The molecule has 2 amide bonds. The van der Waals surface area contributed by atoms with E-state index in [1.807, 2.05) is 0 Å². The third-order valence-corrected chi connectivity index (χ3v) is 3.71. The average Bonchev–Trinajstić information content (AvgIpc) is 2.40. The van der Waals surface area contributed by atoms with Crippen LogP contribution in [0.4, 0.5) is 9.18 Å². The molecule has 4 nitrogen and oxygen atoms in total. The number of likely N-dealkylation sites (N-methyl/N-ethyl adjacent to an activating group) is 1. The van der Waals surface area contributed by atoms with Gasteiger partial charge in [0.25, 0.3) is 0 Å². The predicted octanol–water partition coefficient (Wildman–Crippen LogP) is 3.22. The number of hydrogen-bond acceptors (Lipinski definition) is 2. The van der Waals surface area contributed by atoms with E-state index in [4.69, 9.17) is 28.3 Å². The number of nitrogens with one attached hydrogen (secondary N) is 1. The van der Waals surface area contributed by atoms with Crippen LogP contribution in [0.1, 0.15) is 25.5 Å². The van der Waals surface area contributed by atoms with Crippen LogP contribution >= 0.6 is 23.2 Å². The van der Waals surface area contributed by atoms with E-state index < -0.39 is 11.9 Å². The van der Waals surface area contributed by atoms with Gasteiger partial charge in [0.15, 0.2) is 0 Å². The van der Waals surface area contributed by atoms with Crippen molar-refractivity contribution in [3.63, 3.8) is 0 Å². The minimum absolute atomic E-state index is 0.0664. The first kappa shape index (κ1) is 17.0. The van der Waals surface area contributed by atoms with Gasteiger partial charge in [-0.1, -0.05) is 23.2 Å². The standard InChI is InChI=1S/C13H17Cl2FN2O2/c1-7(6-19)18(3)13(20)17-8(2)9-4-12(16)11(15)5-10(9)14/h4-5,7-8,19H,6H2,1-3H3,(H,17,20)/t7-,8-/m0/s1. The number of halogens is 3. The van der Waals surface area contributed by atoms with E-state index in [1.54, 1.807) is 20.9 Å². The summed E-state index contributed by atoms with van der Waals surface area (Å²) in [4.78, 5) is 13.3. The first-order valence-corrected chi connectivity index (χ1v) is 6.82. The number of carbonyl (C=O) groups is 1. The highest BCUT2D eigenvalue weighted by molar-refractivity contribution is 6.35. The van der Waals surface area contributed by atoms with E-state index >= 15 is 0 Å². The number of rotatable bonds is 4. The third kappa shape index (κ3) is 3.98. The van der Waals surface area contributed by atoms with Crippen molar-refractivity contribution in [3.8, 4) is 0 Å². The maximum absolute atomic E-state index is 13.5. The predicted molar refractivity (Wildman–Crippen MR) is 77.7 cm³/mol. The maximum atomic E-state index is 13.5. The minimum Gasteiger partial charge on any atom is -0.394 e. The smallest absolute Gasteiger partial charge is 0.317 e. The largest absolute Gasteiger partial charge is 0.394 e. The highest BCUT2D eigenvalue weighted by Crippen LogP contribution is 2.28. The quantitative estimate of drug-likeness (QED) is 0.836. The molecule has 2 atom stereocenters. The van der Waals surface area contributed by atoms with E-state index in [1.165, 1.54) is 17.0 Å². The molecule has 7 heteroatoms. The lowest BCUT2D eigenvalue weighted by Crippen LogP contribution is -2.44. The van der Waals surface area contributed by atoms with Crippen molar-refractivity contribution in [2.24, 2.45) is 0 Å². The number of carbonyl (C=O) groups excluding carboxylic acids is 1. The van der Waals surface area contributed by atoms with Gasteiger partial charge in [0.2, 0.25) is 0 Å². The van der Waals surface area contributed by atoms with Gasteiger partial charge in [-0.15, -0.1) is 0 Å². The van der Waals surface area contributed by atoms with Gasteiger partial charge in [0.1, 0.15) is 5.82 Å². The molecule has 112 valence electrons. The molecule has 0 unspecified atom stereocenters. The lowest BCUT2D eigenvalue weighted by atomic mass is 10.1. The summed E-state index contributed by atoms with van der Waals surface area (Å²) in [5.41, 5.74) is 0.437. The van der Waals surface area contributed by atoms with Gasteiger partial charge < -0.3 is 15.3 Å². The number of nitrogens with zero attached hydrogens (tertiary/aromatic N) is 1. The number of aliphatic hydroxyl groups is 1. The zero-order valence-corrected chi connectivity index (χ0v) is 13.0. The fraction of sp³-hybridized carbons (Fsp3) is 0.462. The molecular formula is C13H17Cl2FN2O2. The van der Waals surface area contributed by atoms with Crippen LogP contribution in [-0.2, 0) is 0 Å². The van der Waals surface area contributed by atoms with E-state index in [9.17, 15) is 9.18 Å². The highest BCUT2D eigenvalue weighted by Gasteiger charge is 2.19. The fourth-order valence-electron chi connectivity index (χ4n) is 1.56. The Morgan fingerprint density at radius 1 is 1.40 bits per heavy atom. The molecule has 1 aromatic carbocycles. The summed E-state index contributed by atoms with van der Waals surface area (Å²) < 4.78 is 13.5. The van der Waals surface area contributed by atoms with E-state index in [0.717, 1.165) is 0 Å². The summed E-state index contributed by atoms with van der Waals surface area (Å²) in [6, 6.07) is 1.31. The monoisotopic (exact) mass is 322 g/mol. The normalized spacial score (nSPS) is 13.8. The number of benzene rings is 1. The number of urea groups is 1. The van der Waals surface area contributed by atoms with Crippen molar-refractivity contribution in [1.29, 1.82) is 0 Å². The Morgan fingerprint density at radius 3 is 2.55 bits per heavy atom. The average molecular weight is 323 g/mol. The van der Waals surface area contributed by atoms with Crippen molar-refractivity contribution in [2.45, 2.75) is 25.9 Å². The zero-order valence-electron chi connectivity index (χ0n) is 11.5. The van der Waals surface area contributed by atoms with Crippen LogP contribution in [0.25, 0.3) is 0 Å². The van der Waals surface area contributed by atoms with Crippen LogP contribution in [0.15, 0.2) is 12.1 Å². The van der Waals surface area contributed by atoms with E-state index in [2.05, 4.69) is 5.32 Å². The fourth-order valence-corrected chi connectivity index (χ4v) is 2.10. The Morgan fingerprint density at radius 2 is 2.00 bits per heavy atom. The zero-order chi connectivity index (χ0) is 15.4. The lowest BCUT2D eigenvalue weighted by molar-refractivity contribution is 0.155. The van der Waals surface area contributed by atoms with Crippen LogP contribution in [0, 0.1) is 5.82 Å². The molecule has 0 fully saturated rings. The summed E-state index contributed by atoms with van der Waals surface area (Å²) in [5.74, 6) is -0.593. The molecule has 0 radical (unpaired) electrons. The number of amides is 2. The highest BCUT2D eigenvalue weighted by atomic mass is 35.5. The van der Waals surface area contributed by atoms with Crippen molar-refractivity contribution in [3.05, 3.63) is 33.6 Å². The van der Waals surface area contributed by atoms with Crippen LogP contribution in [0.2, 0.25) is 10.0 Å². The Kier molecular flexibility index (Phi) is 6.05. The van der Waals surface area contributed by atoms with Gasteiger partial charge >= 0.3 is 6.03 Å².